The predicted molar refractivity (Wildman–Crippen MR) is 150 cm³/mol. The van der Waals surface area contributed by atoms with Crippen molar-refractivity contribution >= 4 is 46.2 Å². The molecule has 1 unspecified atom stereocenters. The number of hydrogen-bond donors (Lipinski definition) is 4. The molecule has 0 aliphatic carbocycles. The average Bonchev–Trinajstić information content (AvgIpc) is 3.29. The number of aromatic amines is 1. The van der Waals surface area contributed by atoms with E-state index in [9.17, 15) is 28.7 Å². The lowest BCUT2D eigenvalue weighted by Gasteiger charge is -2.17. The first-order chi connectivity index (χ1) is 18.9. The molecule has 0 spiro atoms. The van der Waals surface area contributed by atoms with Gasteiger partial charge < -0.3 is 25.6 Å². The van der Waals surface area contributed by atoms with Gasteiger partial charge in [-0.1, -0.05) is 31.5 Å². The van der Waals surface area contributed by atoms with Crippen molar-refractivity contribution in [3.63, 3.8) is 0 Å². The third-order valence-electron chi connectivity index (χ3n) is 6.02. The zero-order chi connectivity index (χ0) is 29.6. The van der Waals surface area contributed by atoms with Gasteiger partial charge >= 0.3 is 6.09 Å². The Morgan fingerprint density at radius 2 is 2.00 bits per heavy atom. The number of fused-ring (bicyclic) bond motifs is 1. The zero-order valence-electron chi connectivity index (χ0n) is 22.6. The van der Waals surface area contributed by atoms with Crippen LogP contribution in [0.4, 0.5) is 14.9 Å². The summed E-state index contributed by atoms with van der Waals surface area (Å²) in [6.45, 7) is 3.95. The van der Waals surface area contributed by atoms with Gasteiger partial charge in [-0.05, 0) is 49.5 Å². The van der Waals surface area contributed by atoms with Gasteiger partial charge in [0.05, 0.1) is 23.8 Å². The molecule has 0 saturated heterocycles. The summed E-state index contributed by atoms with van der Waals surface area (Å²) >= 11 is 6.31. The number of nitrogens with one attached hydrogen (secondary N) is 3. The molecule has 4 N–H and O–H groups in total. The molecule has 3 aromatic heterocycles. The average molecular weight is 575 g/mol. The normalized spacial score (nSPS) is 12.2. The number of carbonyl (C=O) groups excluding carboxylic acids is 2. The van der Waals surface area contributed by atoms with E-state index < -0.39 is 29.4 Å². The largest absolute Gasteiger partial charge is 0.465 e. The van der Waals surface area contributed by atoms with E-state index in [1.165, 1.54) is 39.9 Å². The molecule has 3 rings (SSSR count). The fourth-order valence-corrected chi connectivity index (χ4v) is 4.25. The van der Waals surface area contributed by atoms with Gasteiger partial charge in [0, 0.05) is 25.4 Å². The van der Waals surface area contributed by atoms with Crippen LogP contribution in [0, 0.1) is 11.7 Å². The Morgan fingerprint density at radius 1 is 1.27 bits per heavy atom. The monoisotopic (exact) mass is 574 g/mol. The minimum absolute atomic E-state index is 0.0119. The minimum atomic E-state index is -1.41. The lowest BCUT2D eigenvalue weighted by molar-refractivity contribution is -0.123. The van der Waals surface area contributed by atoms with E-state index in [-0.39, 0.29) is 42.1 Å². The second-order valence-electron chi connectivity index (χ2n) is 9.90. The summed E-state index contributed by atoms with van der Waals surface area (Å²) in [4.78, 5) is 57.7. The van der Waals surface area contributed by atoms with Crippen LogP contribution < -0.4 is 16.2 Å². The summed E-state index contributed by atoms with van der Waals surface area (Å²) in [5.41, 5.74) is 1.42. The number of anilines is 1. The zero-order valence-corrected chi connectivity index (χ0v) is 23.4. The Hall–Kier alpha value is -4.19. The van der Waals surface area contributed by atoms with Crippen molar-refractivity contribution in [3.8, 4) is 0 Å². The summed E-state index contributed by atoms with van der Waals surface area (Å²) in [7, 11) is 3.18. The molecule has 214 valence electrons. The standard InChI is InChI=1S/C27H32ClFN6O5/c1-15(2)11-17-18(29)13-30-21-12-16(31-24(17)21)14-35-22(28)10-9-20(26(35)38)32-25(37)19(33-27(39)40)7-5-6-8-23(36)34(3)4/h6,8-10,12-13,15,19,31,33H,5,7,11,14H2,1-4H3,(H,32,37)(H,39,40)/b8-6+. The summed E-state index contributed by atoms with van der Waals surface area (Å²) in [5.74, 6) is -1.20. The molecule has 0 aromatic carbocycles. The molecule has 0 bridgehead atoms. The molecule has 40 heavy (non-hydrogen) atoms. The van der Waals surface area contributed by atoms with Crippen LogP contribution in [0.2, 0.25) is 5.15 Å². The van der Waals surface area contributed by atoms with Crippen LogP contribution in [-0.2, 0) is 22.6 Å². The number of H-pyrrole nitrogens is 1. The molecule has 0 aliphatic heterocycles. The number of aromatic nitrogens is 3. The lowest BCUT2D eigenvalue weighted by Crippen LogP contribution is -2.44. The molecule has 3 aromatic rings. The molecule has 11 nitrogen and oxygen atoms in total. The Kier molecular flexibility index (Phi) is 10.1. The van der Waals surface area contributed by atoms with Crippen molar-refractivity contribution in [2.24, 2.45) is 5.92 Å². The molecule has 0 aliphatic rings. The molecule has 13 heteroatoms. The molecule has 0 radical (unpaired) electrons. The van der Waals surface area contributed by atoms with Crippen molar-refractivity contribution in [2.45, 2.75) is 45.7 Å². The van der Waals surface area contributed by atoms with Crippen molar-refractivity contribution in [3.05, 3.63) is 69.1 Å². The first-order valence-corrected chi connectivity index (χ1v) is 13.0. The highest BCUT2D eigenvalue weighted by Gasteiger charge is 2.22. The number of pyridine rings is 2. The minimum Gasteiger partial charge on any atom is -0.465 e. The lowest BCUT2D eigenvalue weighted by atomic mass is 10.0. The van der Waals surface area contributed by atoms with Gasteiger partial charge in [0.25, 0.3) is 5.56 Å². The van der Waals surface area contributed by atoms with Crippen LogP contribution in [0.1, 0.15) is 37.9 Å². The summed E-state index contributed by atoms with van der Waals surface area (Å²) in [6, 6.07) is 3.27. The number of hydrogen-bond acceptors (Lipinski definition) is 5. The Labute approximate surface area is 235 Å². The van der Waals surface area contributed by atoms with Gasteiger partial charge in [0.1, 0.15) is 22.7 Å². The molecule has 3 amide bonds. The maximum Gasteiger partial charge on any atom is 0.405 e. The van der Waals surface area contributed by atoms with E-state index in [2.05, 4.69) is 20.6 Å². The first-order valence-electron chi connectivity index (χ1n) is 12.6. The maximum absolute atomic E-state index is 14.5. The van der Waals surface area contributed by atoms with Gasteiger partial charge in [-0.15, -0.1) is 0 Å². The van der Waals surface area contributed by atoms with Crippen molar-refractivity contribution in [2.75, 3.05) is 19.4 Å². The van der Waals surface area contributed by atoms with Gasteiger partial charge in [0.15, 0.2) is 0 Å². The van der Waals surface area contributed by atoms with Crippen LogP contribution in [0.5, 0.6) is 0 Å². The Bertz CT molecular complexity index is 1500. The van der Waals surface area contributed by atoms with E-state index >= 15 is 0 Å². The number of carbonyl (C=O) groups is 3. The van der Waals surface area contributed by atoms with Crippen molar-refractivity contribution in [1.29, 1.82) is 0 Å². The van der Waals surface area contributed by atoms with Gasteiger partial charge in [-0.3, -0.25) is 23.9 Å². The number of likely N-dealkylation sites (N-methyl/N-ethyl adjacent to an activating group) is 1. The number of rotatable bonds is 11. The van der Waals surface area contributed by atoms with E-state index in [1.54, 1.807) is 20.2 Å². The second-order valence-corrected chi connectivity index (χ2v) is 10.3. The van der Waals surface area contributed by atoms with Crippen LogP contribution in [0.15, 0.2) is 41.3 Å². The summed E-state index contributed by atoms with van der Waals surface area (Å²) in [5, 5.41) is 13.9. The number of allylic oxidation sites excluding steroid dienone is 1. The predicted octanol–water partition coefficient (Wildman–Crippen LogP) is 3.76. The fraction of sp³-hybridized carbons (Fsp3) is 0.370. The van der Waals surface area contributed by atoms with Crippen LogP contribution in [0.25, 0.3) is 11.0 Å². The van der Waals surface area contributed by atoms with E-state index in [0.717, 1.165) is 0 Å². The molecule has 1 atom stereocenters. The van der Waals surface area contributed by atoms with E-state index in [4.69, 9.17) is 11.6 Å². The quantitative estimate of drug-likeness (QED) is 0.202. The van der Waals surface area contributed by atoms with E-state index in [1.807, 2.05) is 13.8 Å². The smallest absolute Gasteiger partial charge is 0.405 e. The highest BCUT2D eigenvalue weighted by atomic mass is 35.5. The number of nitrogens with zero attached hydrogens (tertiary/aromatic N) is 3. The Balaban J connectivity index is 1.82. The topological polar surface area (TPSA) is 149 Å². The van der Waals surface area contributed by atoms with Gasteiger partial charge in [0.2, 0.25) is 11.8 Å². The van der Waals surface area contributed by atoms with Crippen molar-refractivity contribution < 1.29 is 23.9 Å². The maximum atomic E-state index is 14.5. The van der Waals surface area contributed by atoms with Crippen molar-refractivity contribution in [1.82, 2.24) is 24.8 Å². The molecule has 0 fully saturated rings. The number of amides is 3. The first kappa shape index (κ1) is 30.4. The molecule has 0 saturated carbocycles. The summed E-state index contributed by atoms with van der Waals surface area (Å²) in [6.07, 6.45) is 3.40. The highest BCUT2D eigenvalue weighted by molar-refractivity contribution is 6.29. The summed E-state index contributed by atoms with van der Waals surface area (Å²) < 4.78 is 15.7. The third-order valence-corrected chi connectivity index (χ3v) is 6.35. The van der Waals surface area contributed by atoms with Gasteiger partial charge in [-0.25, -0.2) is 9.18 Å². The van der Waals surface area contributed by atoms with Crippen LogP contribution in [-0.4, -0.2) is 62.6 Å². The van der Waals surface area contributed by atoms with Crippen LogP contribution in [0.3, 0.4) is 0 Å². The van der Waals surface area contributed by atoms with E-state index in [0.29, 0.717) is 28.7 Å². The number of carboxylic acid groups (broad SMARTS) is 1. The molecular formula is C27H32ClFN6O5. The Morgan fingerprint density at radius 3 is 2.65 bits per heavy atom. The highest BCUT2D eigenvalue weighted by Crippen LogP contribution is 2.24. The third kappa shape index (κ3) is 7.69. The van der Waals surface area contributed by atoms with Gasteiger partial charge in [-0.2, -0.15) is 0 Å². The van der Waals surface area contributed by atoms with Crippen LogP contribution >= 0.6 is 11.6 Å². The molecular weight excluding hydrogens is 543 g/mol. The molecule has 3 heterocycles. The fourth-order valence-electron chi connectivity index (χ4n) is 4.05. The SMILES string of the molecule is CC(C)Cc1c(F)cnc2cc(Cn3c(Cl)ccc(NC(=O)C(CC/C=C/C(=O)N(C)C)NC(=O)O)c3=O)[nH]c12. The second kappa shape index (κ2) is 13.2. The number of halogens is 2.